The van der Waals surface area contributed by atoms with E-state index in [9.17, 15) is 24.0 Å². The van der Waals surface area contributed by atoms with Crippen LogP contribution in [0.15, 0.2) is 0 Å². The lowest BCUT2D eigenvalue weighted by atomic mass is 10.1. The van der Waals surface area contributed by atoms with E-state index in [1.165, 1.54) is 6.92 Å². The number of carbonyl (C=O) groups is 5. The number of nitrogens with one attached hydrogen (secondary N) is 3. The maximum Gasteiger partial charge on any atom is 0.328 e. The Hall–Kier alpha value is -2.38. The van der Waals surface area contributed by atoms with Crippen LogP contribution in [0.5, 0.6) is 0 Å². The molecule has 154 valence electrons. The topological polar surface area (TPSA) is 208 Å². The van der Waals surface area contributed by atoms with Crippen LogP contribution in [0, 0.1) is 0 Å². The zero-order valence-corrected chi connectivity index (χ0v) is 15.4. The molecule has 0 rings (SSSR count). The molecule has 0 saturated carbocycles. The Bertz CT molecular complexity index is 571. The van der Waals surface area contributed by atoms with Crippen molar-refractivity contribution in [3.8, 4) is 0 Å². The number of nitrogens with two attached hydrogens (primary N) is 1. The highest BCUT2D eigenvalue weighted by Gasteiger charge is 2.29. The van der Waals surface area contributed by atoms with Gasteiger partial charge in [-0.15, -0.1) is 0 Å². The molecule has 0 aromatic heterocycles. The number of aliphatic hydroxyl groups is 1. The molecule has 0 bridgehead atoms. The van der Waals surface area contributed by atoms with Crippen molar-refractivity contribution in [3.63, 3.8) is 0 Å². The van der Waals surface area contributed by atoms with Gasteiger partial charge in [-0.05, 0) is 13.3 Å². The normalized spacial score (nSPS) is 15.0. The molecule has 12 nitrogen and oxygen atoms in total. The van der Waals surface area contributed by atoms with Crippen LogP contribution < -0.4 is 21.7 Å². The standard InChI is InChI=1S/C14H24N4O8S/c1-6(15)11(22)18-9(5-27)13(24)16-7(2-3-10(20)21)12(23)17-8(4-19)14(25)26/h6-9,19,27H,2-5,15H2,1H3,(H,16,24)(H,17,23)(H,18,22)(H,20,21)(H,25,26). The number of hydrogen-bond acceptors (Lipinski definition) is 8. The Morgan fingerprint density at radius 1 is 0.926 bits per heavy atom. The molecule has 3 amide bonds. The minimum atomic E-state index is -1.62. The third kappa shape index (κ3) is 9.21. The van der Waals surface area contributed by atoms with Crippen molar-refractivity contribution in [1.29, 1.82) is 0 Å². The van der Waals surface area contributed by atoms with Crippen molar-refractivity contribution in [2.45, 2.75) is 43.9 Å². The summed E-state index contributed by atoms with van der Waals surface area (Å²) in [5, 5.41) is 33.1. The van der Waals surface area contributed by atoms with Gasteiger partial charge in [0, 0.05) is 12.2 Å². The predicted octanol–water partition coefficient (Wildman–Crippen LogP) is -3.34. The fraction of sp³-hybridized carbons (Fsp3) is 0.643. The second kappa shape index (κ2) is 12.1. The average Bonchev–Trinajstić information content (AvgIpc) is 2.59. The van der Waals surface area contributed by atoms with Crippen LogP contribution in [-0.4, -0.2) is 81.5 Å². The number of carboxylic acids is 2. The van der Waals surface area contributed by atoms with Gasteiger partial charge in [0.1, 0.15) is 18.1 Å². The van der Waals surface area contributed by atoms with E-state index in [1.807, 2.05) is 5.32 Å². The molecule has 8 N–H and O–H groups in total. The molecule has 0 aliphatic rings. The van der Waals surface area contributed by atoms with Gasteiger partial charge >= 0.3 is 11.9 Å². The molecule has 27 heavy (non-hydrogen) atoms. The lowest BCUT2D eigenvalue weighted by Gasteiger charge is -2.23. The number of carboxylic acid groups (broad SMARTS) is 2. The monoisotopic (exact) mass is 408 g/mol. The maximum absolute atomic E-state index is 12.3. The number of aliphatic hydroxyl groups excluding tert-OH is 1. The molecular formula is C14H24N4O8S. The molecule has 0 aromatic rings. The van der Waals surface area contributed by atoms with E-state index < -0.39 is 66.9 Å². The smallest absolute Gasteiger partial charge is 0.328 e. The summed E-state index contributed by atoms with van der Waals surface area (Å²) >= 11 is 3.93. The summed E-state index contributed by atoms with van der Waals surface area (Å²) in [6, 6.07) is -5.08. The van der Waals surface area contributed by atoms with Crippen LogP contribution in [-0.2, 0) is 24.0 Å². The van der Waals surface area contributed by atoms with Gasteiger partial charge < -0.3 is 37.0 Å². The SMILES string of the molecule is CC(N)C(=O)NC(CS)C(=O)NC(CCC(=O)O)C(=O)NC(CO)C(=O)O. The number of carbonyl (C=O) groups excluding carboxylic acids is 3. The first-order valence-electron chi connectivity index (χ1n) is 7.86. The molecule has 4 atom stereocenters. The van der Waals surface area contributed by atoms with E-state index in [-0.39, 0.29) is 12.2 Å². The molecule has 4 unspecified atom stereocenters. The highest BCUT2D eigenvalue weighted by molar-refractivity contribution is 7.80. The Morgan fingerprint density at radius 2 is 1.41 bits per heavy atom. The fourth-order valence-electron chi connectivity index (χ4n) is 1.76. The van der Waals surface area contributed by atoms with E-state index in [4.69, 9.17) is 21.1 Å². The summed E-state index contributed by atoms with van der Waals surface area (Å²) in [7, 11) is 0. The molecule has 0 fully saturated rings. The lowest BCUT2D eigenvalue weighted by Crippen LogP contribution is -2.57. The van der Waals surface area contributed by atoms with Gasteiger partial charge in [-0.3, -0.25) is 19.2 Å². The van der Waals surface area contributed by atoms with Gasteiger partial charge in [0.05, 0.1) is 12.6 Å². The summed E-state index contributed by atoms with van der Waals surface area (Å²) in [6.07, 6.45) is -0.835. The lowest BCUT2D eigenvalue weighted by molar-refractivity contribution is -0.144. The van der Waals surface area contributed by atoms with Crippen LogP contribution in [0.2, 0.25) is 0 Å². The fourth-order valence-corrected chi connectivity index (χ4v) is 2.02. The van der Waals surface area contributed by atoms with E-state index in [0.717, 1.165) is 0 Å². The summed E-state index contributed by atoms with van der Waals surface area (Å²) in [5.74, 6) is -5.35. The van der Waals surface area contributed by atoms with Gasteiger partial charge in [-0.2, -0.15) is 12.6 Å². The Labute approximate surface area is 160 Å². The predicted molar refractivity (Wildman–Crippen MR) is 94.9 cm³/mol. The van der Waals surface area contributed by atoms with Crippen LogP contribution in [0.25, 0.3) is 0 Å². The third-order valence-corrected chi connectivity index (χ3v) is 3.67. The molecular weight excluding hydrogens is 384 g/mol. The summed E-state index contributed by atoms with van der Waals surface area (Å²) < 4.78 is 0. The summed E-state index contributed by atoms with van der Waals surface area (Å²) in [6.45, 7) is 0.497. The Balaban J connectivity index is 5.18. The van der Waals surface area contributed by atoms with E-state index >= 15 is 0 Å². The zero-order valence-electron chi connectivity index (χ0n) is 14.5. The number of amides is 3. The Kier molecular flexibility index (Phi) is 11.0. The van der Waals surface area contributed by atoms with Crippen molar-refractivity contribution in [1.82, 2.24) is 16.0 Å². The summed E-state index contributed by atoms with van der Waals surface area (Å²) in [4.78, 5) is 57.7. The van der Waals surface area contributed by atoms with E-state index in [2.05, 4.69) is 23.3 Å². The maximum atomic E-state index is 12.3. The first-order valence-corrected chi connectivity index (χ1v) is 8.49. The number of aliphatic carboxylic acids is 2. The highest BCUT2D eigenvalue weighted by atomic mass is 32.1. The van der Waals surface area contributed by atoms with E-state index in [1.54, 1.807) is 0 Å². The minimum absolute atomic E-state index is 0.133. The zero-order chi connectivity index (χ0) is 21.1. The average molecular weight is 408 g/mol. The first kappa shape index (κ1) is 24.6. The molecule has 0 radical (unpaired) electrons. The van der Waals surface area contributed by atoms with Crippen molar-refractivity contribution < 1.29 is 39.3 Å². The van der Waals surface area contributed by atoms with Crippen LogP contribution in [0.1, 0.15) is 19.8 Å². The van der Waals surface area contributed by atoms with Crippen molar-refractivity contribution in [2.24, 2.45) is 5.73 Å². The van der Waals surface area contributed by atoms with Crippen LogP contribution in [0.3, 0.4) is 0 Å². The van der Waals surface area contributed by atoms with Gasteiger partial charge in [-0.25, -0.2) is 4.79 Å². The molecule has 0 saturated heterocycles. The number of thiol groups is 1. The van der Waals surface area contributed by atoms with Crippen LogP contribution in [0.4, 0.5) is 0 Å². The van der Waals surface area contributed by atoms with Crippen LogP contribution >= 0.6 is 12.6 Å². The second-order valence-corrected chi connectivity index (χ2v) is 5.97. The summed E-state index contributed by atoms with van der Waals surface area (Å²) in [5.41, 5.74) is 5.39. The molecule has 13 heteroatoms. The molecule has 0 aliphatic heterocycles. The quantitative estimate of drug-likeness (QED) is 0.152. The highest BCUT2D eigenvalue weighted by Crippen LogP contribution is 2.01. The molecule has 0 aromatic carbocycles. The number of hydrogen-bond donors (Lipinski definition) is 8. The van der Waals surface area contributed by atoms with Crippen molar-refractivity contribution in [2.75, 3.05) is 12.4 Å². The molecule has 0 heterocycles. The van der Waals surface area contributed by atoms with Gasteiger partial charge in [0.25, 0.3) is 0 Å². The largest absolute Gasteiger partial charge is 0.481 e. The first-order chi connectivity index (χ1) is 12.5. The van der Waals surface area contributed by atoms with Gasteiger partial charge in [0.2, 0.25) is 17.7 Å². The third-order valence-electron chi connectivity index (χ3n) is 3.31. The molecule has 0 spiro atoms. The number of rotatable bonds is 12. The van der Waals surface area contributed by atoms with Crippen molar-refractivity contribution >= 4 is 42.3 Å². The second-order valence-electron chi connectivity index (χ2n) is 5.61. The van der Waals surface area contributed by atoms with E-state index in [0.29, 0.717) is 0 Å². The van der Waals surface area contributed by atoms with Gasteiger partial charge in [0.15, 0.2) is 0 Å². The van der Waals surface area contributed by atoms with Gasteiger partial charge in [-0.1, -0.05) is 0 Å². The van der Waals surface area contributed by atoms with Crippen molar-refractivity contribution in [3.05, 3.63) is 0 Å². The molecule has 0 aliphatic carbocycles. The minimum Gasteiger partial charge on any atom is -0.481 e. The Morgan fingerprint density at radius 3 is 1.81 bits per heavy atom.